The number of ether oxygens (including phenoxy) is 2. The summed E-state index contributed by atoms with van der Waals surface area (Å²) in [6.45, 7) is 3.79. The van der Waals surface area contributed by atoms with Gasteiger partial charge in [0.2, 0.25) is 5.82 Å². The van der Waals surface area contributed by atoms with Crippen molar-refractivity contribution in [2.75, 3.05) is 14.2 Å². The molecule has 0 saturated heterocycles. The van der Waals surface area contributed by atoms with Crippen molar-refractivity contribution in [2.45, 2.75) is 13.8 Å². The Labute approximate surface area is 183 Å². The van der Waals surface area contributed by atoms with Crippen molar-refractivity contribution >= 4 is 17.6 Å². The standard InChI is InChI=1S/C22H19ClN4O4/c1-12-19(24-13(2)27(12)17-8-6-5-7-16(17)23)21-25-20(26-31-21)15-10-9-14(22(28)30-4)11-18(15)29-3/h5-11H,1-4H3. The summed E-state index contributed by atoms with van der Waals surface area (Å²) in [6.07, 6.45) is 0. The first kappa shape index (κ1) is 20.6. The maximum Gasteiger partial charge on any atom is 0.337 e. The van der Waals surface area contributed by atoms with Crippen molar-refractivity contribution in [1.82, 2.24) is 19.7 Å². The van der Waals surface area contributed by atoms with Gasteiger partial charge in [-0.25, -0.2) is 9.78 Å². The third-order valence-corrected chi connectivity index (χ3v) is 5.18. The Bertz CT molecular complexity index is 1280. The zero-order valence-electron chi connectivity index (χ0n) is 17.3. The second kappa shape index (κ2) is 8.23. The molecule has 0 aliphatic rings. The lowest BCUT2D eigenvalue weighted by atomic mass is 10.1. The molecule has 2 aromatic carbocycles. The summed E-state index contributed by atoms with van der Waals surface area (Å²) in [7, 11) is 2.82. The van der Waals surface area contributed by atoms with E-state index < -0.39 is 5.97 Å². The fraction of sp³-hybridized carbons (Fsp3) is 0.182. The van der Waals surface area contributed by atoms with Crippen LogP contribution < -0.4 is 4.74 Å². The topological polar surface area (TPSA) is 92.3 Å². The minimum absolute atomic E-state index is 0.264. The van der Waals surface area contributed by atoms with Crippen LogP contribution in [0.3, 0.4) is 0 Å². The van der Waals surface area contributed by atoms with E-state index in [1.807, 2.05) is 42.7 Å². The zero-order chi connectivity index (χ0) is 22.1. The number of rotatable bonds is 5. The van der Waals surface area contributed by atoms with Crippen LogP contribution >= 0.6 is 11.6 Å². The van der Waals surface area contributed by atoms with Crippen molar-refractivity contribution < 1.29 is 18.8 Å². The zero-order valence-corrected chi connectivity index (χ0v) is 18.1. The lowest BCUT2D eigenvalue weighted by Gasteiger charge is -2.09. The molecule has 4 aromatic rings. The van der Waals surface area contributed by atoms with E-state index in [0.29, 0.717) is 33.4 Å². The normalized spacial score (nSPS) is 10.9. The minimum atomic E-state index is -0.463. The van der Waals surface area contributed by atoms with Crippen molar-refractivity contribution in [3.63, 3.8) is 0 Å². The van der Waals surface area contributed by atoms with Gasteiger partial charge in [0.05, 0.1) is 41.8 Å². The highest BCUT2D eigenvalue weighted by molar-refractivity contribution is 6.32. The van der Waals surface area contributed by atoms with E-state index in [1.165, 1.54) is 14.2 Å². The largest absolute Gasteiger partial charge is 0.496 e. The number of carbonyl (C=O) groups excluding carboxylic acids is 1. The number of hydrogen-bond acceptors (Lipinski definition) is 7. The van der Waals surface area contributed by atoms with Crippen molar-refractivity contribution in [1.29, 1.82) is 0 Å². The van der Waals surface area contributed by atoms with Crippen LogP contribution in [0, 0.1) is 13.8 Å². The maximum atomic E-state index is 11.8. The first-order valence-electron chi connectivity index (χ1n) is 9.36. The molecule has 0 radical (unpaired) electrons. The Morgan fingerprint density at radius 1 is 1.10 bits per heavy atom. The van der Waals surface area contributed by atoms with Crippen LogP contribution in [0.15, 0.2) is 47.0 Å². The first-order chi connectivity index (χ1) is 14.9. The lowest BCUT2D eigenvalue weighted by molar-refractivity contribution is 0.0600. The van der Waals surface area contributed by atoms with E-state index in [0.717, 1.165) is 17.2 Å². The summed E-state index contributed by atoms with van der Waals surface area (Å²) in [6, 6.07) is 12.4. The van der Waals surface area contributed by atoms with Crippen LogP contribution in [0.2, 0.25) is 5.02 Å². The van der Waals surface area contributed by atoms with Gasteiger partial charge in [-0.1, -0.05) is 28.9 Å². The molecule has 2 aromatic heterocycles. The number of benzene rings is 2. The van der Waals surface area contributed by atoms with E-state index in [-0.39, 0.29) is 5.89 Å². The predicted molar refractivity (Wildman–Crippen MR) is 115 cm³/mol. The Morgan fingerprint density at radius 3 is 2.58 bits per heavy atom. The number of aromatic nitrogens is 4. The van der Waals surface area contributed by atoms with Crippen LogP contribution in [0.4, 0.5) is 0 Å². The molecule has 8 nitrogen and oxygen atoms in total. The molecule has 31 heavy (non-hydrogen) atoms. The molecule has 0 unspecified atom stereocenters. The van der Waals surface area contributed by atoms with Crippen LogP contribution in [0.25, 0.3) is 28.7 Å². The van der Waals surface area contributed by atoms with Gasteiger partial charge in [-0.15, -0.1) is 0 Å². The van der Waals surface area contributed by atoms with E-state index in [1.54, 1.807) is 18.2 Å². The van der Waals surface area contributed by atoms with Gasteiger partial charge in [0, 0.05) is 0 Å². The van der Waals surface area contributed by atoms with Crippen LogP contribution in [-0.2, 0) is 4.74 Å². The Morgan fingerprint density at radius 2 is 1.87 bits per heavy atom. The average molecular weight is 439 g/mol. The molecule has 0 spiro atoms. The second-order valence-corrected chi connectivity index (χ2v) is 7.12. The average Bonchev–Trinajstić information content (AvgIpc) is 3.37. The van der Waals surface area contributed by atoms with Gasteiger partial charge < -0.3 is 14.0 Å². The molecule has 0 atom stereocenters. The number of methoxy groups -OCH3 is 2. The molecule has 9 heteroatoms. The molecule has 0 saturated carbocycles. The van der Waals surface area contributed by atoms with Gasteiger partial charge in [-0.2, -0.15) is 4.98 Å². The fourth-order valence-electron chi connectivity index (χ4n) is 3.38. The summed E-state index contributed by atoms with van der Waals surface area (Å²) >= 11 is 6.37. The van der Waals surface area contributed by atoms with Gasteiger partial charge in [0.25, 0.3) is 5.89 Å². The molecule has 2 heterocycles. The van der Waals surface area contributed by atoms with E-state index in [2.05, 4.69) is 15.1 Å². The van der Waals surface area contributed by atoms with Gasteiger partial charge in [0.1, 0.15) is 17.3 Å². The highest BCUT2D eigenvalue weighted by atomic mass is 35.5. The predicted octanol–water partition coefficient (Wildman–Crippen LogP) is 4.65. The molecular weight excluding hydrogens is 420 g/mol. The van der Waals surface area contributed by atoms with Gasteiger partial charge >= 0.3 is 5.97 Å². The summed E-state index contributed by atoms with van der Waals surface area (Å²) < 4.78 is 17.6. The van der Waals surface area contributed by atoms with Crippen LogP contribution in [-0.4, -0.2) is 39.9 Å². The number of carbonyl (C=O) groups is 1. The molecule has 0 bridgehead atoms. The summed E-state index contributed by atoms with van der Waals surface area (Å²) in [4.78, 5) is 20.9. The van der Waals surface area contributed by atoms with E-state index >= 15 is 0 Å². The molecule has 158 valence electrons. The van der Waals surface area contributed by atoms with Gasteiger partial charge in [-0.05, 0) is 44.2 Å². The number of aryl methyl sites for hydroxylation is 1. The molecular formula is C22H19ClN4O4. The summed E-state index contributed by atoms with van der Waals surface area (Å²) in [5, 5.41) is 4.69. The van der Waals surface area contributed by atoms with Crippen LogP contribution in [0.5, 0.6) is 5.75 Å². The van der Waals surface area contributed by atoms with E-state index in [9.17, 15) is 4.79 Å². The fourth-order valence-corrected chi connectivity index (χ4v) is 3.60. The SMILES string of the molecule is COC(=O)c1ccc(-c2noc(-c3nc(C)n(-c4ccccc4Cl)c3C)n2)c(OC)c1. The summed E-state index contributed by atoms with van der Waals surface area (Å²) in [5.74, 6) is 1.27. The smallest absolute Gasteiger partial charge is 0.337 e. The molecule has 0 amide bonds. The Kier molecular flexibility index (Phi) is 5.48. The number of imidazole rings is 1. The Balaban J connectivity index is 1.75. The van der Waals surface area contributed by atoms with Crippen LogP contribution in [0.1, 0.15) is 21.9 Å². The number of halogens is 1. The van der Waals surface area contributed by atoms with Crippen molar-refractivity contribution in [2.24, 2.45) is 0 Å². The highest BCUT2D eigenvalue weighted by Crippen LogP contribution is 2.33. The number of hydrogen-bond donors (Lipinski definition) is 0. The van der Waals surface area contributed by atoms with Crippen molar-refractivity contribution in [3.05, 3.63) is 64.6 Å². The summed E-state index contributed by atoms with van der Waals surface area (Å²) in [5.41, 5.74) is 3.12. The quantitative estimate of drug-likeness (QED) is 0.418. The number of nitrogens with zero attached hydrogens (tertiary/aromatic N) is 4. The molecule has 0 aliphatic heterocycles. The lowest BCUT2D eigenvalue weighted by Crippen LogP contribution is -2.02. The molecule has 0 fully saturated rings. The monoisotopic (exact) mass is 438 g/mol. The highest BCUT2D eigenvalue weighted by Gasteiger charge is 2.22. The number of esters is 1. The van der Waals surface area contributed by atoms with Gasteiger partial charge in [-0.3, -0.25) is 4.57 Å². The third-order valence-electron chi connectivity index (χ3n) is 4.86. The van der Waals surface area contributed by atoms with Crippen molar-refractivity contribution in [3.8, 4) is 34.4 Å². The minimum Gasteiger partial charge on any atom is -0.496 e. The third kappa shape index (κ3) is 3.66. The molecule has 0 N–H and O–H groups in total. The molecule has 0 aliphatic carbocycles. The molecule has 4 rings (SSSR count). The number of para-hydroxylation sites is 1. The second-order valence-electron chi connectivity index (χ2n) is 6.71. The first-order valence-corrected chi connectivity index (χ1v) is 9.74. The van der Waals surface area contributed by atoms with Gasteiger partial charge in [0.15, 0.2) is 0 Å². The van der Waals surface area contributed by atoms with E-state index in [4.69, 9.17) is 25.6 Å². The Hall–Kier alpha value is -3.65. The maximum absolute atomic E-state index is 11.8.